The van der Waals surface area contributed by atoms with Gasteiger partial charge in [0.2, 0.25) is 0 Å². The summed E-state index contributed by atoms with van der Waals surface area (Å²) in [5.74, 6) is 0.0945. The van der Waals surface area contributed by atoms with Crippen LogP contribution in [0.1, 0.15) is 30.1 Å². The first kappa shape index (κ1) is 11.7. The van der Waals surface area contributed by atoms with E-state index in [1.165, 1.54) is 6.07 Å². The second-order valence-corrected chi connectivity index (χ2v) is 4.17. The first-order valence-electron chi connectivity index (χ1n) is 5.46. The normalized spacial score (nSPS) is 20.3. The first-order valence-corrected chi connectivity index (χ1v) is 5.46. The Bertz CT molecular complexity index is 470. The van der Waals surface area contributed by atoms with Crippen LogP contribution in [0.25, 0.3) is 0 Å². The van der Waals surface area contributed by atoms with E-state index in [9.17, 15) is 14.9 Å². The van der Waals surface area contributed by atoms with E-state index < -0.39 is 11.0 Å². The summed E-state index contributed by atoms with van der Waals surface area (Å²) in [6.07, 6.45) is 0.150. The number of aryl methyl sites for hydroxylation is 1. The fourth-order valence-electron chi connectivity index (χ4n) is 1.98. The maximum atomic E-state index is 11.4. The molecule has 1 atom stereocenters. The first-order chi connectivity index (χ1) is 8.08. The number of carbonyl (C=O) groups excluding carboxylic acids is 1. The van der Waals surface area contributed by atoms with Crippen LogP contribution in [0.5, 0.6) is 0 Å². The zero-order valence-electron chi connectivity index (χ0n) is 9.51. The molecule has 1 saturated heterocycles. The summed E-state index contributed by atoms with van der Waals surface area (Å²) < 4.78 is 5.45. The summed E-state index contributed by atoms with van der Waals surface area (Å²) in [5.41, 5.74) is 1.45. The van der Waals surface area contributed by atoms with E-state index >= 15 is 0 Å². The lowest BCUT2D eigenvalue weighted by Crippen LogP contribution is -2.20. The molecule has 1 unspecified atom stereocenters. The highest BCUT2D eigenvalue weighted by atomic mass is 16.6. The quantitative estimate of drug-likeness (QED) is 0.582. The van der Waals surface area contributed by atoms with E-state index in [4.69, 9.17) is 4.74 Å². The Balaban J connectivity index is 2.38. The third-order valence-corrected chi connectivity index (χ3v) is 2.84. The van der Waals surface area contributed by atoms with Gasteiger partial charge in [0.1, 0.15) is 5.78 Å². The molecule has 5 nitrogen and oxygen atoms in total. The van der Waals surface area contributed by atoms with Gasteiger partial charge in [-0.05, 0) is 13.0 Å². The molecule has 1 fully saturated rings. The fraction of sp³-hybridized carbons (Fsp3) is 0.417. The van der Waals surface area contributed by atoms with E-state index in [2.05, 4.69) is 0 Å². The van der Waals surface area contributed by atoms with Gasteiger partial charge in [-0.15, -0.1) is 0 Å². The second-order valence-electron chi connectivity index (χ2n) is 4.17. The summed E-state index contributed by atoms with van der Waals surface area (Å²) in [6, 6.07) is 4.88. The zero-order chi connectivity index (χ0) is 12.4. The van der Waals surface area contributed by atoms with Gasteiger partial charge in [0.25, 0.3) is 5.69 Å². The average Bonchev–Trinajstić information content (AvgIpc) is 2.28. The van der Waals surface area contributed by atoms with Crippen molar-refractivity contribution in [1.82, 2.24) is 0 Å². The van der Waals surface area contributed by atoms with Gasteiger partial charge in [0, 0.05) is 18.9 Å². The predicted molar refractivity (Wildman–Crippen MR) is 60.8 cm³/mol. The maximum Gasteiger partial charge on any atom is 0.275 e. The van der Waals surface area contributed by atoms with Crippen LogP contribution in [0.3, 0.4) is 0 Å². The Morgan fingerprint density at radius 3 is 2.88 bits per heavy atom. The minimum atomic E-state index is -0.475. The summed E-state index contributed by atoms with van der Waals surface area (Å²) in [5, 5.41) is 10.9. The van der Waals surface area contributed by atoms with Crippen molar-refractivity contribution in [3.63, 3.8) is 0 Å². The molecule has 0 spiro atoms. The van der Waals surface area contributed by atoms with Crippen molar-refractivity contribution < 1.29 is 14.5 Å². The van der Waals surface area contributed by atoms with Crippen molar-refractivity contribution in [2.24, 2.45) is 0 Å². The molecule has 5 heteroatoms. The Morgan fingerprint density at radius 1 is 1.47 bits per heavy atom. The standard InChI is InChI=1S/C12H13NO4/c1-8-2-3-11(13(15)16)10(6-8)12-7-9(14)4-5-17-12/h2-3,6,12H,4-5,7H2,1H3. The zero-order valence-corrected chi connectivity index (χ0v) is 9.51. The number of hydrogen-bond donors (Lipinski definition) is 0. The number of hydrogen-bond acceptors (Lipinski definition) is 4. The lowest BCUT2D eigenvalue weighted by Gasteiger charge is -2.22. The molecule has 0 aliphatic carbocycles. The van der Waals surface area contributed by atoms with E-state index in [1.807, 2.05) is 6.92 Å². The van der Waals surface area contributed by atoms with Gasteiger partial charge in [-0.2, -0.15) is 0 Å². The van der Waals surface area contributed by atoms with Crippen molar-refractivity contribution in [2.45, 2.75) is 25.9 Å². The van der Waals surface area contributed by atoms with Gasteiger partial charge in [-0.25, -0.2) is 0 Å². The third kappa shape index (κ3) is 2.50. The lowest BCUT2D eigenvalue weighted by atomic mass is 9.97. The molecule has 1 aromatic rings. The van der Waals surface area contributed by atoms with Crippen molar-refractivity contribution in [1.29, 1.82) is 0 Å². The Labute approximate surface area is 98.5 Å². The number of nitro groups is 1. The average molecular weight is 235 g/mol. The molecule has 0 saturated carbocycles. The van der Waals surface area contributed by atoms with Gasteiger partial charge < -0.3 is 4.74 Å². The molecule has 0 amide bonds. The molecular weight excluding hydrogens is 222 g/mol. The molecule has 1 aliphatic heterocycles. The highest BCUT2D eigenvalue weighted by molar-refractivity contribution is 5.80. The van der Waals surface area contributed by atoms with Crippen molar-refractivity contribution in [3.05, 3.63) is 39.4 Å². The summed E-state index contributed by atoms with van der Waals surface area (Å²) >= 11 is 0. The number of rotatable bonds is 2. The monoisotopic (exact) mass is 235 g/mol. The number of nitro benzene ring substituents is 1. The Kier molecular flexibility index (Phi) is 3.19. The molecule has 0 aromatic heterocycles. The highest BCUT2D eigenvalue weighted by Gasteiger charge is 2.27. The number of nitrogens with zero attached hydrogens (tertiary/aromatic N) is 1. The number of ether oxygens (including phenoxy) is 1. The minimum absolute atomic E-state index is 0.0234. The molecule has 1 aliphatic rings. The fourth-order valence-corrected chi connectivity index (χ4v) is 1.98. The predicted octanol–water partition coefficient (Wildman–Crippen LogP) is 2.32. The molecule has 0 bridgehead atoms. The minimum Gasteiger partial charge on any atom is -0.372 e. The number of ketones is 1. The van der Waals surface area contributed by atoms with E-state index in [1.54, 1.807) is 12.1 Å². The van der Waals surface area contributed by atoms with Gasteiger partial charge in [-0.3, -0.25) is 14.9 Å². The SMILES string of the molecule is Cc1ccc([N+](=O)[O-])c(C2CC(=O)CCO2)c1. The Morgan fingerprint density at radius 2 is 2.24 bits per heavy atom. The van der Waals surface area contributed by atoms with Crippen LogP contribution in [0.4, 0.5) is 5.69 Å². The topological polar surface area (TPSA) is 69.4 Å². The van der Waals surface area contributed by atoms with Gasteiger partial charge in [0.15, 0.2) is 0 Å². The maximum absolute atomic E-state index is 11.4. The third-order valence-electron chi connectivity index (χ3n) is 2.84. The van der Waals surface area contributed by atoms with Crippen LogP contribution >= 0.6 is 0 Å². The van der Waals surface area contributed by atoms with Crippen LogP contribution < -0.4 is 0 Å². The van der Waals surface area contributed by atoms with Crippen LogP contribution in [0.15, 0.2) is 18.2 Å². The molecule has 0 radical (unpaired) electrons. The Hall–Kier alpha value is -1.75. The molecule has 1 heterocycles. The molecule has 17 heavy (non-hydrogen) atoms. The van der Waals surface area contributed by atoms with Crippen LogP contribution in [-0.4, -0.2) is 17.3 Å². The molecular formula is C12H13NO4. The summed E-state index contributed by atoms with van der Waals surface area (Å²) in [7, 11) is 0. The number of carbonyl (C=O) groups is 1. The molecule has 90 valence electrons. The van der Waals surface area contributed by atoms with Crippen LogP contribution in [-0.2, 0) is 9.53 Å². The largest absolute Gasteiger partial charge is 0.372 e. The molecule has 0 N–H and O–H groups in total. The number of Topliss-reactive ketones (excluding diaryl/α,β-unsaturated/α-hetero) is 1. The van der Waals surface area contributed by atoms with Crippen molar-refractivity contribution in [2.75, 3.05) is 6.61 Å². The summed E-state index contributed by atoms with van der Waals surface area (Å²) in [6.45, 7) is 2.20. The van der Waals surface area contributed by atoms with Gasteiger partial charge >= 0.3 is 0 Å². The van der Waals surface area contributed by atoms with Gasteiger partial charge in [-0.1, -0.05) is 11.6 Å². The number of benzene rings is 1. The van der Waals surface area contributed by atoms with Crippen molar-refractivity contribution >= 4 is 11.5 Å². The smallest absolute Gasteiger partial charge is 0.275 e. The highest BCUT2D eigenvalue weighted by Crippen LogP contribution is 2.33. The molecule has 1 aromatic carbocycles. The molecule has 2 rings (SSSR count). The van der Waals surface area contributed by atoms with Gasteiger partial charge in [0.05, 0.1) is 23.2 Å². The van der Waals surface area contributed by atoms with Crippen molar-refractivity contribution in [3.8, 4) is 0 Å². The van der Waals surface area contributed by atoms with Crippen LogP contribution in [0.2, 0.25) is 0 Å². The van der Waals surface area contributed by atoms with E-state index in [0.29, 0.717) is 18.6 Å². The van der Waals surface area contributed by atoms with Crippen LogP contribution in [0, 0.1) is 17.0 Å². The summed E-state index contributed by atoms with van der Waals surface area (Å²) in [4.78, 5) is 21.9. The lowest BCUT2D eigenvalue weighted by molar-refractivity contribution is -0.386. The van der Waals surface area contributed by atoms with E-state index in [-0.39, 0.29) is 17.9 Å². The second kappa shape index (κ2) is 4.63. The van der Waals surface area contributed by atoms with E-state index in [0.717, 1.165) is 5.56 Å².